The van der Waals surface area contributed by atoms with Crippen molar-refractivity contribution >= 4 is 0 Å². The van der Waals surface area contributed by atoms with E-state index >= 15 is 0 Å². The molecule has 0 amide bonds. The molecule has 4 N–H and O–H groups in total. The molecular formula is C12H14F3NO6. The van der Waals surface area contributed by atoms with Crippen molar-refractivity contribution in [2.24, 2.45) is 0 Å². The highest BCUT2D eigenvalue weighted by atomic mass is 19.4. The minimum atomic E-state index is -4.67. The second-order valence-electron chi connectivity index (χ2n) is 4.67. The number of aromatic nitrogens is 1. The number of nitrogens with zero attached hydrogens (tertiary/aromatic N) is 1. The number of alkyl halides is 3. The van der Waals surface area contributed by atoms with Crippen molar-refractivity contribution in [3.05, 3.63) is 23.9 Å². The Morgan fingerprint density at radius 1 is 1.14 bits per heavy atom. The van der Waals surface area contributed by atoms with Crippen molar-refractivity contribution in [1.82, 2.24) is 4.98 Å². The molecule has 1 aromatic rings. The van der Waals surface area contributed by atoms with Crippen LogP contribution in [0.1, 0.15) is 5.69 Å². The van der Waals surface area contributed by atoms with Gasteiger partial charge in [-0.05, 0) is 6.07 Å². The molecule has 2 rings (SSSR count). The first-order valence-corrected chi connectivity index (χ1v) is 6.25. The van der Waals surface area contributed by atoms with Gasteiger partial charge in [0.25, 0.3) is 0 Å². The van der Waals surface area contributed by atoms with Crippen molar-refractivity contribution in [3.8, 4) is 5.88 Å². The molecule has 0 bridgehead atoms. The highest BCUT2D eigenvalue weighted by Gasteiger charge is 2.45. The molecule has 0 spiro atoms. The van der Waals surface area contributed by atoms with Crippen molar-refractivity contribution < 1.29 is 43.1 Å². The van der Waals surface area contributed by atoms with Gasteiger partial charge < -0.3 is 29.9 Å². The Labute approximate surface area is 122 Å². The lowest BCUT2D eigenvalue weighted by Gasteiger charge is -2.39. The van der Waals surface area contributed by atoms with E-state index in [1.54, 1.807) is 0 Å². The van der Waals surface area contributed by atoms with Crippen LogP contribution in [0.15, 0.2) is 18.2 Å². The minimum Gasteiger partial charge on any atom is -0.445 e. The van der Waals surface area contributed by atoms with Crippen molar-refractivity contribution in [3.63, 3.8) is 0 Å². The number of halogens is 3. The van der Waals surface area contributed by atoms with Gasteiger partial charge in [0.05, 0.1) is 6.61 Å². The van der Waals surface area contributed by atoms with Gasteiger partial charge in [-0.3, -0.25) is 0 Å². The topological polar surface area (TPSA) is 112 Å². The molecule has 1 aliphatic heterocycles. The van der Waals surface area contributed by atoms with E-state index in [2.05, 4.69) is 4.98 Å². The Hall–Kier alpha value is -1.46. The van der Waals surface area contributed by atoms with E-state index in [4.69, 9.17) is 14.6 Å². The van der Waals surface area contributed by atoms with E-state index in [1.807, 2.05) is 0 Å². The zero-order valence-electron chi connectivity index (χ0n) is 11.0. The number of pyridine rings is 1. The van der Waals surface area contributed by atoms with Crippen molar-refractivity contribution in [2.75, 3.05) is 6.61 Å². The number of ether oxygens (including phenoxy) is 2. The molecule has 1 aromatic heterocycles. The summed E-state index contributed by atoms with van der Waals surface area (Å²) in [7, 11) is 0. The monoisotopic (exact) mass is 325 g/mol. The summed E-state index contributed by atoms with van der Waals surface area (Å²) < 4.78 is 47.6. The maximum Gasteiger partial charge on any atom is 0.433 e. The molecule has 0 radical (unpaired) electrons. The second kappa shape index (κ2) is 6.34. The lowest BCUT2D eigenvalue weighted by atomic mass is 9.99. The summed E-state index contributed by atoms with van der Waals surface area (Å²) in [6.07, 6.45) is -12.5. The molecule has 1 fully saturated rings. The number of hydrogen-bond acceptors (Lipinski definition) is 7. The zero-order valence-corrected chi connectivity index (χ0v) is 11.0. The third-order valence-electron chi connectivity index (χ3n) is 3.10. The zero-order chi connectivity index (χ0) is 16.5. The molecular weight excluding hydrogens is 311 g/mol. The van der Waals surface area contributed by atoms with Crippen LogP contribution in [0.5, 0.6) is 5.88 Å². The van der Waals surface area contributed by atoms with Gasteiger partial charge >= 0.3 is 6.18 Å². The Bertz CT molecular complexity index is 512. The molecule has 0 aliphatic carbocycles. The third-order valence-corrected chi connectivity index (χ3v) is 3.10. The second-order valence-corrected chi connectivity index (χ2v) is 4.67. The molecule has 22 heavy (non-hydrogen) atoms. The molecule has 5 atom stereocenters. The number of aliphatic hydroxyl groups is 4. The Kier molecular flexibility index (Phi) is 4.87. The fraction of sp³-hybridized carbons (Fsp3) is 0.583. The van der Waals surface area contributed by atoms with Crippen LogP contribution in [-0.4, -0.2) is 62.7 Å². The van der Waals surface area contributed by atoms with Gasteiger partial charge in [-0.1, -0.05) is 6.07 Å². The molecule has 1 aliphatic rings. The molecule has 2 heterocycles. The van der Waals surface area contributed by atoms with Crippen LogP contribution in [0.4, 0.5) is 13.2 Å². The summed E-state index contributed by atoms with van der Waals surface area (Å²) in [5.74, 6) is -0.487. The van der Waals surface area contributed by atoms with Gasteiger partial charge in [0, 0.05) is 6.07 Å². The fourth-order valence-corrected chi connectivity index (χ4v) is 1.92. The average molecular weight is 325 g/mol. The highest BCUT2D eigenvalue weighted by Crippen LogP contribution is 2.29. The van der Waals surface area contributed by atoms with E-state index in [1.165, 1.54) is 0 Å². The van der Waals surface area contributed by atoms with E-state index in [-0.39, 0.29) is 0 Å². The molecule has 124 valence electrons. The predicted octanol–water partition coefficient (Wildman–Crippen LogP) is -0.721. The van der Waals surface area contributed by atoms with Crippen LogP contribution in [0.2, 0.25) is 0 Å². The van der Waals surface area contributed by atoms with E-state index < -0.39 is 55.1 Å². The molecule has 0 aromatic carbocycles. The molecule has 10 heteroatoms. The summed E-state index contributed by atoms with van der Waals surface area (Å²) in [6, 6.07) is 2.89. The summed E-state index contributed by atoms with van der Waals surface area (Å²) in [5, 5.41) is 37.9. The SMILES string of the molecule is OC[C@H]1O[C@H](Oc2cccc(C(F)(F)F)n2)[C@H](O)[C@@H](O)[C@@H]1O. The van der Waals surface area contributed by atoms with Crippen molar-refractivity contribution in [2.45, 2.75) is 36.9 Å². The fourth-order valence-electron chi connectivity index (χ4n) is 1.92. The Morgan fingerprint density at radius 3 is 2.41 bits per heavy atom. The largest absolute Gasteiger partial charge is 0.445 e. The van der Waals surface area contributed by atoms with Gasteiger partial charge in [-0.2, -0.15) is 13.2 Å². The third kappa shape index (κ3) is 3.47. The average Bonchev–Trinajstić information content (AvgIpc) is 2.47. The van der Waals surface area contributed by atoms with Crippen LogP contribution < -0.4 is 4.74 Å². The maximum absolute atomic E-state index is 12.5. The number of aliphatic hydroxyl groups excluding tert-OH is 4. The first-order valence-electron chi connectivity index (χ1n) is 6.25. The summed E-state index contributed by atoms with van der Waals surface area (Å²) in [4.78, 5) is 3.22. The predicted molar refractivity (Wildman–Crippen MR) is 63.6 cm³/mol. The van der Waals surface area contributed by atoms with Gasteiger partial charge in [0.1, 0.15) is 30.1 Å². The van der Waals surface area contributed by atoms with Gasteiger partial charge in [0.2, 0.25) is 12.2 Å². The van der Waals surface area contributed by atoms with Gasteiger partial charge in [0.15, 0.2) is 0 Å². The molecule has 1 saturated heterocycles. The minimum absolute atomic E-state index is 0.487. The van der Waals surface area contributed by atoms with Crippen LogP contribution >= 0.6 is 0 Å². The lowest BCUT2D eigenvalue weighted by Crippen LogP contribution is -2.60. The van der Waals surface area contributed by atoms with E-state index in [0.717, 1.165) is 18.2 Å². The summed E-state index contributed by atoms with van der Waals surface area (Å²) >= 11 is 0. The standard InChI is InChI=1S/C12H14F3NO6/c13-12(14,15)6-2-1-3-7(16-6)22-11-10(20)9(19)8(18)5(4-17)21-11/h1-3,5,8-11,17-20H,4H2/t5-,8-,9+,10-,11-/m1/s1. The first kappa shape index (κ1) is 16.9. The number of rotatable bonds is 3. The summed E-state index contributed by atoms with van der Waals surface area (Å²) in [5.41, 5.74) is -1.20. The first-order chi connectivity index (χ1) is 10.2. The van der Waals surface area contributed by atoms with Crippen LogP contribution in [0.3, 0.4) is 0 Å². The van der Waals surface area contributed by atoms with Crippen LogP contribution in [-0.2, 0) is 10.9 Å². The lowest BCUT2D eigenvalue weighted by molar-refractivity contribution is -0.278. The number of hydrogen-bond donors (Lipinski definition) is 4. The molecule has 0 unspecified atom stereocenters. The molecule has 0 saturated carbocycles. The van der Waals surface area contributed by atoms with E-state index in [9.17, 15) is 28.5 Å². The quantitative estimate of drug-likeness (QED) is 0.580. The summed E-state index contributed by atoms with van der Waals surface area (Å²) in [6.45, 7) is -0.680. The van der Waals surface area contributed by atoms with Crippen LogP contribution in [0.25, 0.3) is 0 Å². The Morgan fingerprint density at radius 2 is 1.82 bits per heavy atom. The van der Waals surface area contributed by atoms with Crippen molar-refractivity contribution in [1.29, 1.82) is 0 Å². The van der Waals surface area contributed by atoms with Gasteiger partial charge in [-0.25, -0.2) is 4.98 Å². The Balaban J connectivity index is 2.16. The normalized spacial score (nSPS) is 32.8. The maximum atomic E-state index is 12.5. The smallest absolute Gasteiger partial charge is 0.433 e. The molecule has 7 nitrogen and oxygen atoms in total. The van der Waals surface area contributed by atoms with Crippen LogP contribution in [0, 0.1) is 0 Å². The van der Waals surface area contributed by atoms with E-state index in [0.29, 0.717) is 0 Å². The highest BCUT2D eigenvalue weighted by molar-refractivity contribution is 5.18. The van der Waals surface area contributed by atoms with Gasteiger partial charge in [-0.15, -0.1) is 0 Å².